The zero-order valence-corrected chi connectivity index (χ0v) is 12.8. The summed E-state index contributed by atoms with van der Waals surface area (Å²) >= 11 is 0. The first kappa shape index (κ1) is 15.3. The second-order valence-corrected chi connectivity index (χ2v) is 5.90. The van der Waals surface area contributed by atoms with Gasteiger partial charge in [0, 0.05) is 19.6 Å². The van der Waals surface area contributed by atoms with Crippen LogP contribution in [0.25, 0.3) is 0 Å². The molecule has 1 aromatic carbocycles. The largest absolute Gasteiger partial charge is 0.494 e. The molecule has 1 saturated heterocycles. The van der Waals surface area contributed by atoms with Gasteiger partial charge in [-0.15, -0.1) is 0 Å². The van der Waals surface area contributed by atoms with Crippen LogP contribution in [0.4, 0.5) is 0 Å². The van der Waals surface area contributed by atoms with Gasteiger partial charge in [-0.3, -0.25) is 4.90 Å². The summed E-state index contributed by atoms with van der Waals surface area (Å²) in [7, 11) is 0. The van der Waals surface area contributed by atoms with Gasteiger partial charge in [-0.25, -0.2) is 0 Å². The Labute approximate surface area is 122 Å². The van der Waals surface area contributed by atoms with Crippen LogP contribution in [0.5, 0.6) is 5.75 Å². The van der Waals surface area contributed by atoms with Gasteiger partial charge in [0.2, 0.25) is 0 Å². The van der Waals surface area contributed by atoms with Crippen LogP contribution < -0.4 is 4.74 Å². The minimum atomic E-state index is 0.704. The lowest BCUT2D eigenvalue weighted by atomic mass is 10.0. The smallest absolute Gasteiger partial charge is 0.119 e. The fourth-order valence-electron chi connectivity index (χ4n) is 2.50. The average molecular weight is 277 g/mol. The summed E-state index contributed by atoms with van der Waals surface area (Å²) < 4.78 is 11.1. The topological polar surface area (TPSA) is 21.7 Å². The summed E-state index contributed by atoms with van der Waals surface area (Å²) in [6.45, 7) is 10.3. The number of ether oxygens (including phenoxy) is 2. The van der Waals surface area contributed by atoms with Crippen LogP contribution in [0.15, 0.2) is 24.3 Å². The second kappa shape index (κ2) is 8.28. The van der Waals surface area contributed by atoms with E-state index in [4.69, 9.17) is 9.47 Å². The van der Waals surface area contributed by atoms with Crippen LogP contribution >= 0.6 is 0 Å². The molecule has 0 atom stereocenters. The van der Waals surface area contributed by atoms with Crippen LogP contribution in [-0.2, 0) is 11.2 Å². The molecule has 0 radical (unpaired) electrons. The quantitative estimate of drug-likeness (QED) is 0.715. The van der Waals surface area contributed by atoms with Crippen LogP contribution in [0, 0.1) is 5.92 Å². The van der Waals surface area contributed by atoms with Gasteiger partial charge in [0.25, 0.3) is 0 Å². The van der Waals surface area contributed by atoms with Crippen LogP contribution in [0.3, 0.4) is 0 Å². The number of rotatable bonds is 7. The molecule has 0 unspecified atom stereocenters. The summed E-state index contributed by atoms with van der Waals surface area (Å²) in [6.07, 6.45) is 2.21. The highest BCUT2D eigenvalue weighted by molar-refractivity contribution is 5.27. The van der Waals surface area contributed by atoms with Crippen molar-refractivity contribution in [3.05, 3.63) is 29.8 Å². The van der Waals surface area contributed by atoms with E-state index in [-0.39, 0.29) is 0 Å². The molecular weight excluding hydrogens is 250 g/mol. The molecule has 1 aromatic rings. The summed E-state index contributed by atoms with van der Waals surface area (Å²) in [5, 5.41) is 0. The molecule has 0 spiro atoms. The maximum absolute atomic E-state index is 5.80. The first-order chi connectivity index (χ1) is 9.74. The molecular formula is C17H27NO2. The van der Waals surface area contributed by atoms with E-state index in [2.05, 4.69) is 43.0 Å². The minimum absolute atomic E-state index is 0.704. The Morgan fingerprint density at radius 2 is 1.85 bits per heavy atom. The van der Waals surface area contributed by atoms with Crippen LogP contribution in [0.2, 0.25) is 0 Å². The zero-order valence-electron chi connectivity index (χ0n) is 12.8. The van der Waals surface area contributed by atoms with Crippen molar-refractivity contribution in [3.8, 4) is 5.75 Å². The zero-order chi connectivity index (χ0) is 14.2. The number of nitrogens with zero attached hydrogens (tertiary/aromatic N) is 1. The van der Waals surface area contributed by atoms with Crippen molar-refractivity contribution >= 4 is 0 Å². The maximum Gasteiger partial charge on any atom is 0.119 e. The number of morpholine rings is 1. The molecule has 0 saturated carbocycles. The van der Waals surface area contributed by atoms with E-state index >= 15 is 0 Å². The third kappa shape index (κ3) is 5.51. The molecule has 0 bridgehead atoms. The van der Waals surface area contributed by atoms with E-state index in [1.165, 1.54) is 5.56 Å². The number of benzene rings is 1. The Morgan fingerprint density at radius 1 is 1.15 bits per heavy atom. The minimum Gasteiger partial charge on any atom is -0.494 e. The highest BCUT2D eigenvalue weighted by Gasteiger charge is 2.09. The third-order valence-electron chi connectivity index (χ3n) is 3.56. The Morgan fingerprint density at radius 3 is 2.50 bits per heavy atom. The first-order valence-corrected chi connectivity index (χ1v) is 7.76. The van der Waals surface area contributed by atoms with Gasteiger partial charge in [-0.1, -0.05) is 26.0 Å². The molecule has 20 heavy (non-hydrogen) atoms. The van der Waals surface area contributed by atoms with Crippen molar-refractivity contribution in [2.24, 2.45) is 5.92 Å². The number of hydrogen-bond donors (Lipinski definition) is 0. The molecule has 0 N–H and O–H groups in total. The molecule has 1 aliphatic rings. The van der Waals surface area contributed by atoms with Crippen molar-refractivity contribution in [1.29, 1.82) is 0 Å². The maximum atomic E-state index is 5.80. The Balaban J connectivity index is 1.63. The normalized spacial score (nSPS) is 16.6. The Bertz CT molecular complexity index is 369. The van der Waals surface area contributed by atoms with E-state index in [1.54, 1.807) is 0 Å². The van der Waals surface area contributed by atoms with Crippen molar-refractivity contribution < 1.29 is 9.47 Å². The summed E-state index contributed by atoms with van der Waals surface area (Å²) in [5.74, 6) is 1.69. The summed E-state index contributed by atoms with van der Waals surface area (Å²) in [5.41, 5.74) is 1.39. The van der Waals surface area contributed by atoms with E-state index in [0.29, 0.717) is 5.92 Å². The summed E-state index contributed by atoms with van der Waals surface area (Å²) in [6, 6.07) is 8.54. The third-order valence-corrected chi connectivity index (χ3v) is 3.56. The fraction of sp³-hybridized carbons (Fsp3) is 0.647. The molecule has 1 aliphatic heterocycles. The van der Waals surface area contributed by atoms with Gasteiger partial charge in [-0.05, 0) is 36.5 Å². The van der Waals surface area contributed by atoms with Gasteiger partial charge in [0.15, 0.2) is 0 Å². The lowest BCUT2D eigenvalue weighted by Gasteiger charge is -2.26. The predicted molar refractivity (Wildman–Crippen MR) is 82.4 cm³/mol. The van der Waals surface area contributed by atoms with Gasteiger partial charge in [0.1, 0.15) is 5.75 Å². The highest BCUT2D eigenvalue weighted by Crippen LogP contribution is 2.15. The average Bonchev–Trinajstić information content (AvgIpc) is 2.46. The Kier molecular flexibility index (Phi) is 6.34. The molecule has 1 heterocycles. The van der Waals surface area contributed by atoms with Crippen molar-refractivity contribution in [1.82, 2.24) is 4.90 Å². The van der Waals surface area contributed by atoms with Crippen LogP contribution in [-0.4, -0.2) is 44.4 Å². The number of hydrogen-bond acceptors (Lipinski definition) is 3. The van der Waals surface area contributed by atoms with Gasteiger partial charge >= 0.3 is 0 Å². The standard InChI is InChI=1S/C17H27NO2/c1-15(2)14-16-4-6-17(7-5-16)20-11-3-8-18-9-12-19-13-10-18/h4-7,15H,3,8-14H2,1-2H3. The van der Waals surface area contributed by atoms with Crippen molar-refractivity contribution in [2.75, 3.05) is 39.5 Å². The van der Waals surface area contributed by atoms with Crippen molar-refractivity contribution in [3.63, 3.8) is 0 Å². The van der Waals surface area contributed by atoms with Gasteiger partial charge in [0.05, 0.1) is 19.8 Å². The Hall–Kier alpha value is -1.06. The highest BCUT2D eigenvalue weighted by atomic mass is 16.5. The molecule has 112 valence electrons. The molecule has 3 heteroatoms. The molecule has 0 aromatic heterocycles. The van der Waals surface area contributed by atoms with Gasteiger partial charge in [-0.2, -0.15) is 0 Å². The molecule has 1 fully saturated rings. The molecule has 0 aliphatic carbocycles. The fourth-order valence-corrected chi connectivity index (χ4v) is 2.50. The lowest BCUT2D eigenvalue weighted by Crippen LogP contribution is -2.37. The molecule has 3 nitrogen and oxygen atoms in total. The monoisotopic (exact) mass is 277 g/mol. The van der Waals surface area contributed by atoms with Crippen molar-refractivity contribution in [2.45, 2.75) is 26.7 Å². The molecule has 0 amide bonds. The predicted octanol–water partition coefficient (Wildman–Crippen LogP) is 2.99. The second-order valence-electron chi connectivity index (χ2n) is 5.90. The molecule has 2 rings (SSSR count). The SMILES string of the molecule is CC(C)Cc1ccc(OCCCN2CCOCC2)cc1. The lowest BCUT2D eigenvalue weighted by molar-refractivity contribution is 0.0358. The van der Waals surface area contributed by atoms with Crippen LogP contribution in [0.1, 0.15) is 25.8 Å². The van der Waals surface area contributed by atoms with Gasteiger partial charge < -0.3 is 9.47 Å². The van der Waals surface area contributed by atoms with E-state index < -0.39 is 0 Å². The van der Waals surface area contributed by atoms with E-state index in [1.807, 2.05) is 0 Å². The van der Waals surface area contributed by atoms with E-state index in [0.717, 1.165) is 58.0 Å². The first-order valence-electron chi connectivity index (χ1n) is 7.76. The van der Waals surface area contributed by atoms with E-state index in [9.17, 15) is 0 Å². The summed E-state index contributed by atoms with van der Waals surface area (Å²) in [4.78, 5) is 2.44.